The fourth-order valence-corrected chi connectivity index (χ4v) is 5.16. The highest BCUT2D eigenvalue weighted by Gasteiger charge is 2.48. The molecule has 1 heteroatoms. The van der Waals surface area contributed by atoms with Crippen LogP contribution in [0.3, 0.4) is 0 Å². The molecule has 1 spiro atoms. The molecule has 0 heterocycles. The van der Waals surface area contributed by atoms with Gasteiger partial charge in [0.1, 0.15) is 0 Å². The average molecular weight is 275 g/mol. The molecule has 2 aromatic rings. The lowest BCUT2D eigenvalue weighted by atomic mass is 9.64. The standard InChI is InChI=1S/C20H21N/c21-19-4-2-14-9-17-12-20(11-13-1-3-18(20)7-13)6-5-15(17)8-16(14)10-19/h1-2,4,8-10,18H,3,5-7,11-12,21H2. The van der Waals surface area contributed by atoms with Gasteiger partial charge >= 0.3 is 0 Å². The van der Waals surface area contributed by atoms with Crippen molar-refractivity contribution < 1.29 is 0 Å². The van der Waals surface area contributed by atoms with Gasteiger partial charge in [0.25, 0.3) is 0 Å². The lowest BCUT2D eigenvalue weighted by Gasteiger charge is -2.40. The molecule has 3 aliphatic rings. The number of nitrogens with two attached hydrogens (primary N) is 1. The summed E-state index contributed by atoms with van der Waals surface area (Å²) < 4.78 is 0. The van der Waals surface area contributed by atoms with Gasteiger partial charge in [-0.25, -0.2) is 0 Å². The Kier molecular flexibility index (Phi) is 2.21. The summed E-state index contributed by atoms with van der Waals surface area (Å²) in [7, 11) is 0. The zero-order valence-corrected chi connectivity index (χ0v) is 12.4. The van der Waals surface area contributed by atoms with Crippen molar-refractivity contribution in [1.29, 1.82) is 0 Å². The van der Waals surface area contributed by atoms with E-state index in [9.17, 15) is 0 Å². The van der Waals surface area contributed by atoms with Crippen molar-refractivity contribution in [3.05, 3.63) is 53.1 Å². The Hall–Kier alpha value is -1.76. The van der Waals surface area contributed by atoms with Crippen LogP contribution < -0.4 is 5.73 Å². The van der Waals surface area contributed by atoms with Crippen LogP contribution in [0.1, 0.15) is 36.8 Å². The van der Waals surface area contributed by atoms with E-state index in [-0.39, 0.29) is 0 Å². The van der Waals surface area contributed by atoms with Gasteiger partial charge in [-0.3, -0.25) is 0 Å². The molecule has 0 radical (unpaired) electrons. The number of anilines is 1. The van der Waals surface area contributed by atoms with Gasteiger partial charge in [-0.2, -0.15) is 0 Å². The quantitative estimate of drug-likeness (QED) is 0.550. The first-order chi connectivity index (χ1) is 10.2. The lowest BCUT2D eigenvalue weighted by Crippen LogP contribution is -2.33. The number of allylic oxidation sites excluding steroid dienone is 2. The van der Waals surface area contributed by atoms with E-state index < -0.39 is 0 Å². The molecule has 2 aromatic carbocycles. The summed E-state index contributed by atoms with van der Waals surface area (Å²) in [6.07, 6.45) is 10.5. The SMILES string of the molecule is Nc1ccc2cc3c(cc2c1)CCC1(CC2=CCC1C2)C3. The Morgan fingerprint density at radius 3 is 2.71 bits per heavy atom. The molecule has 2 bridgehead atoms. The van der Waals surface area contributed by atoms with E-state index in [0.29, 0.717) is 5.41 Å². The molecule has 5 rings (SSSR count). The van der Waals surface area contributed by atoms with Gasteiger partial charge in [0.2, 0.25) is 0 Å². The van der Waals surface area contributed by atoms with Gasteiger partial charge in [-0.1, -0.05) is 29.8 Å². The van der Waals surface area contributed by atoms with E-state index in [1.54, 1.807) is 16.7 Å². The van der Waals surface area contributed by atoms with E-state index in [0.717, 1.165) is 11.6 Å². The van der Waals surface area contributed by atoms with Gasteiger partial charge in [-0.15, -0.1) is 0 Å². The number of hydrogen-bond donors (Lipinski definition) is 1. The maximum absolute atomic E-state index is 5.93. The second-order valence-corrected chi connectivity index (χ2v) is 7.44. The fraction of sp³-hybridized carbons (Fsp3) is 0.400. The van der Waals surface area contributed by atoms with Gasteiger partial charge in [-0.05, 0) is 83.9 Å². The number of benzene rings is 2. The molecule has 106 valence electrons. The molecule has 3 aliphatic carbocycles. The highest BCUT2D eigenvalue weighted by atomic mass is 14.5. The van der Waals surface area contributed by atoms with E-state index in [2.05, 4.69) is 30.3 Å². The Labute approximate surface area is 125 Å². The van der Waals surface area contributed by atoms with Crippen molar-refractivity contribution in [3.8, 4) is 0 Å². The predicted molar refractivity (Wildman–Crippen MR) is 88.2 cm³/mol. The molecule has 2 N–H and O–H groups in total. The molecule has 0 saturated heterocycles. The first-order valence-corrected chi connectivity index (χ1v) is 8.21. The van der Waals surface area contributed by atoms with Gasteiger partial charge in [0.15, 0.2) is 0 Å². The normalized spacial score (nSPS) is 29.9. The summed E-state index contributed by atoms with van der Waals surface area (Å²) in [6.45, 7) is 0. The Morgan fingerprint density at radius 1 is 1.00 bits per heavy atom. The topological polar surface area (TPSA) is 26.0 Å². The minimum Gasteiger partial charge on any atom is -0.399 e. The molecule has 0 amide bonds. The monoisotopic (exact) mass is 275 g/mol. The minimum atomic E-state index is 0.596. The molecule has 1 fully saturated rings. The second-order valence-electron chi connectivity index (χ2n) is 7.44. The second kappa shape index (κ2) is 3.91. The minimum absolute atomic E-state index is 0.596. The summed E-state index contributed by atoms with van der Waals surface area (Å²) in [5, 5.41) is 2.66. The molecular weight excluding hydrogens is 254 g/mol. The summed E-state index contributed by atoms with van der Waals surface area (Å²) >= 11 is 0. The van der Waals surface area contributed by atoms with E-state index in [4.69, 9.17) is 5.73 Å². The average Bonchev–Trinajstić information content (AvgIpc) is 3.06. The third-order valence-electron chi connectivity index (χ3n) is 6.26. The maximum Gasteiger partial charge on any atom is 0.0320 e. The molecule has 21 heavy (non-hydrogen) atoms. The molecular formula is C20H21N. The summed E-state index contributed by atoms with van der Waals surface area (Å²) in [5.74, 6) is 0.933. The van der Waals surface area contributed by atoms with Crippen molar-refractivity contribution in [2.45, 2.75) is 38.5 Å². The molecule has 2 atom stereocenters. The zero-order chi connectivity index (χ0) is 14.0. The van der Waals surface area contributed by atoms with Gasteiger partial charge < -0.3 is 5.73 Å². The first kappa shape index (κ1) is 11.9. The molecule has 1 nitrogen and oxygen atoms in total. The number of aryl methyl sites for hydroxylation is 1. The summed E-state index contributed by atoms with van der Waals surface area (Å²) in [4.78, 5) is 0. The van der Waals surface area contributed by atoms with Crippen molar-refractivity contribution >= 4 is 16.5 Å². The summed E-state index contributed by atoms with van der Waals surface area (Å²) in [6, 6.07) is 11.1. The highest BCUT2D eigenvalue weighted by Crippen LogP contribution is 2.58. The lowest BCUT2D eigenvalue weighted by molar-refractivity contribution is 0.169. The summed E-state index contributed by atoms with van der Waals surface area (Å²) in [5.41, 5.74) is 12.3. The number of fused-ring (bicyclic) bond motifs is 5. The zero-order valence-electron chi connectivity index (χ0n) is 12.4. The third-order valence-corrected chi connectivity index (χ3v) is 6.26. The highest BCUT2D eigenvalue weighted by molar-refractivity contribution is 5.87. The van der Waals surface area contributed by atoms with Gasteiger partial charge in [0, 0.05) is 5.69 Å². The first-order valence-electron chi connectivity index (χ1n) is 8.21. The van der Waals surface area contributed by atoms with Crippen LogP contribution in [0.2, 0.25) is 0 Å². The number of rotatable bonds is 0. The van der Waals surface area contributed by atoms with Crippen molar-refractivity contribution in [2.75, 3.05) is 5.73 Å². The molecule has 0 aromatic heterocycles. The van der Waals surface area contributed by atoms with Crippen LogP contribution in [0, 0.1) is 11.3 Å². The van der Waals surface area contributed by atoms with Crippen LogP contribution >= 0.6 is 0 Å². The number of hydrogen-bond acceptors (Lipinski definition) is 1. The van der Waals surface area contributed by atoms with Crippen LogP contribution in [0.15, 0.2) is 42.0 Å². The van der Waals surface area contributed by atoms with E-state index in [1.165, 1.54) is 49.3 Å². The van der Waals surface area contributed by atoms with E-state index in [1.807, 2.05) is 6.07 Å². The van der Waals surface area contributed by atoms with Crippen molar-refractivity contribution in [3.63, 3.8) is 0 Å². The molecule has 2 unspecified atom stereocenters. The maximum atomic E-state index is 5.93. The Bertz CT molecular complexity index is 786. The Balaban J connectivity index is 1.60. The third kappa shape index (κ3) is 1.64. The van der Waals surface area contributed by atoms with Crippen LogP contribution in [-0.2, 0) is 12.8 Å². The smallest absolute Gasteiger partial charge is 0.0320 e. The van der Waals surface area contributed by atoms with Crippen LogP contribution in [0.4, 0.5) is 5.69 Å². The van der Waals surface area contributed by atoms with Gasteiger partial charge in [0.05, 0.1) is 0 Å². The van der Waals surface area contributed by atoms with Crippen LogP contribution in [0.25, 0.3) is 10.8 Å². The van der Waals surface area contributed by atoms with Crippen LogP contribution in [-0.4, -0.2) is 0 Å². The molecule has 0 aliphatic heterocycles. The van der Waals surface area contributed by atoms with Crippen molar-refractivity contribution in [1.82, 2.24) is 0 Å². The van der Waals surface area contributed by atoms with Crippen LogP contribution in [0.5, 0.6) is 0 Å². The molecule has 1 saturated carbocycles. The number of nitrogen functional groups attached to an aromatic ring is 1. The van der Waals surface area contributed by atoms with Crippen molar-refractivity contribution in [2.24, 2.45) is 11.3 Å². The Morgan fingerprint density at radius 2 is 1.90 bits per heavy atom. The largest absolute Gasteiger partial charge is 0.399 e. The fourth-order valence-electron chi connectivity index (χ4n) is 5.16. The predicted octanol–water partition coefficient (Wildman–Crippen LogP) is 4.64. The van der Waals surface area contributed by atoms with E-state index >= 15 is 0 Å².